The Labute approximate surface area is 150 Å². The summed E-state index contributed by atoms with van der Waals surface area (Å²) in [6, 6.07) is 9.81. The van der Waals surface area contributed by atoms with Gasteiger partial charge >= 0.3 is 0 Å². The summed E-state index contributed by atoms with van der Waals surface area (Å²) in [6.45, 7) is 1.59. The molecule has 0 aliphatic carbocycles. The van der Waals surface area contributed by atoms with E-state index in [9.17, 15) is 8.42 Å². The lowest BCUT2D eigenvalue weighted by Crippen LogP contribution is -2.40. The van der Waals surface area contributed by atoms with Crippen LogP contribution >= 0.6 is 0 Å². The SMILES string of the molecule is CN1CCCCC1CCN(c1cccc(-n2cccn2)c1)S(C)(=O)=O. The summed E-state index contributed by atoms with van der Waals surface area (Å²) in [7, 11) is -1.20. The van der Waals surface area contributed by atoms with Crippen LogP contribution in [0.4, 0.5) is 5.69 Å². The van der Waals surface area contributed by atoms with Crippen molar-refractivity contribution in [2.75, 3.05) is 30.7 Å². The van der Waals surface area contributed by atoms with Crippen LogP contribution < -0.4 is 4.31 Å². The molecular weight excluding hydrogens is 336 g/mol. The fourth-order valence-corrected chi connectivity index (χ4v) is 4.41. The molecule has 0 amide bonds. The maximum absolute atomic E-state index is 12.4. The highest BCUT2D eigenvalue weighted by molar-refractivity contribution is 7.92. The maximum atomic E-state index is 12.4. The van der Waals surface area contributed by atoms with Crippen molar-refractivity contribution in [3.05, 3.63) is 42.7 Å². The zero-order chi connectivity index (χ0) is 17.9. The predicted octanol–water partition coefficient (Wildman–Crippen LogP) is 2.51. The molecule has 1 fully saturated rings. The van der Waals surface area contributed by atoms with Gasteiger partial charge in [-0.25, -0.2) is 13.1 Å². The summed E-state index contributed by atoms with van der Waals surface area (Å²) in [5.41, 5.74) is 1.54. The molecule has 1 aromatic carbocycles. The molecule has 0 bridgehead atoms. The molecule has 1 unspecified atom stereocenters. The number of rotatable bonds is 6. The molecule has 1 atom stereocenters. The molecule has 0 spiro atoms. The minimum absolute atomic E-state index is 0.451. The summed E-state index contributed by atoms with van der Waals surface area (Å²) in [5.74, 6) is 0. The average molecular weight is 362 g/mol. The summed E-state index contributed by atoms with van der Waals surface area (Å²) in [5, 5.41) is 4.22. The van der Waals surface area contributed by atoms with Crippen molar-refractivity contribution < 1.29 is 8.42 Å². The normalized spacial score (nSPS) is 19.0. The van der Waals surface area contributed by atoms with Crippen molar-refractivity contribution in [2.24, 2.45) is 0 Å². The third kappa shape index (κ3) is 4.41. The molecule has 0 radical (unpaired) electrons. The van der Waals surface area contributed by atoms with E-state index < -0.39 is 10.0 Å². The second kappa shape index (κ2) is 7.58. The first kappa shape index (κ1) is 17.9. The van der Waals surface area contributed by atoms with E-state index in [1.165, 1.54) is 23.4 Å². The van der Waals surface area contributed by atoms with Gasteiger partial charge in [-0.3, -0.25) is 4.31 Å². The maximum Gasteiger partial charge on any atom is 0.232 e. The number of nitrogens with zero attached hydrogens (tertiary/aromatic N) is 4. The molecule has 1 aromatic heterocycles. The smallest absolute Gasteiger partial charge is 0.232 e. The largest absolute Gasteiger partial charge is 0.303 e. The molecule has 2 aromatic rings. The lowest BCUT2D eigenvalue weighted by molar-refractivity contribution is 0.178. The lowest BCUT2D eigenvalue weighted by atomic mass is 10.0. The number of hydrogen-bond acceptors (Lipinski definition) is 4. The number of piperidine rings is 1. The van der Waals surface area contributed by atoms with Crippen LogP contribution in [0.15, 0.2) is 42.7 Å². The first-order valence-electron chi connectivity index (χ1n) is 8.73. The molecule has 6 nitrogen and oxygen atoms in total. The monoisotopic (exact) mass is 362 g/mol. The topological polar surface area (TPSA) is 58.4 Å². The molecule has 3 rings (SSSR count). The van der Waals surface area contributed by atoms with Gasteiger partial charge in [-0.2, -0.15) is 5.10 Å². The van der Waals surface area contributed by atoms with E-state index in [0.29, 0.717) is 18.3 Å². The van der Waals surface area contributed by atoms with Crippen LogP contribution in [-0.2, 0) is 10.0 Å². The Bertz CT molecular complexity index is 789. The Morgan fingerprint density at radius 1 is 1.28 bits per heavy atom. The molecular formula is C18H26N4O2S. The molecule has 1 aliphatic heterocycles. The minimum atomic E-state index is -3.34. The molecule has 0 N–H and O–H groups in total. The molecule has 136 valence electrons. The highest BCUT2D eigenvalue weighted by Crippen LogP contribution is 2.24. The van der Waals surface area contributed by atoms with E-state index >= 15 is 0 Å². The molecule has 1 aliphatic rings. The Morgan fingerprint density at radius 2 is 2.12 bits per heavy atom. The van der Waals surface area contributed by atoms with Gasteiger partial charge < -0.3 is 4.90 Å². The summed E-state index contributed by atoms with van der Waals surface area (Å²) in [4.78, 5) is 2.35. The zero-order valence-corrected chi connectivity index (χ0v) is 15.7. The fourth-order valence-electron chi connectivity index (χ4n) is 3.47. The Hall–Kier alpha value is -1.86. The van der Waals surface area contributed by atoms with E-state index in [1.807, 2.05) is 36.5 Å². The average Bonchev–Trinajstić information content (AvgIpc) is 3.10. The molecule has 2 heterocycles. The standard InChI is InChI=1S/C18H26N4O2S/c1-20-12-4-3-7-16(20)10-14-22(25(2,23)24)18-9-5-8-17(15-18)21-13-6-11-19-21/h5-6,8-9,11,13,15-16H,3-4,7,10,12,14H2,1-2H3. The number of sulfonamides is 1. The van der Waals surface area contributed by atoms with E-state index in [0.717, 1.165) is 25.1 Å². The molecule has 7 heteroatoms. The van der Waals surface area contributed by atoms with Gasteiger partial charge in [0, 0.05) is 25.0 Å². The van der Waals surface area contributed by atoms with Gasteiger partial charge in [-0.15, -0.1) is 0 Å². The Kier molecular flexibility index (Phi) is 5.44. The van der Waals surface area contributed by atoms with Gasteiger partial charge in [-0.1, -0.05) is 12.5 Å². The van der Waals surface area contributed by atoms with Crippen molar-refractivity contribution >= 4 is 15.7 Å². The van der Waals surface area contributed by atoms with Crippen molar-refractivity contribution in [2.45, 2.75) is 31.7 Å². The summed E-state index contributed by atoms with van der Waals surface area (Å²) in [6.07, 6.45) is 9.27. The summed E-state index contributed by atoms with van der Waals surface area (Å²) >= 11 is 0. The van der Waals surface area contributed by atoms with Crippen LogP contribution in [0.5, 0.6) is 0 Å². The number of benzene rings is 1. The predicted molar refractivity (Wildman–Crippen MR) is 101 cm³/mol. The van der Waals surface area contributed by atoms with Gasteiger partial charge in [0.15, 0.2) is 0 Å². The van der Waals surface area contributed by atoms with Gasteiger partial charge in [-0.05, 0) is 57.1 Å². The van der Waals surface area contributed by atoms with Gasteiger partial charge in [0.2, 0.25) is 10.0 Å². The van der Waals surface area contributed by atoms with Gasteiger partial charge in [0.05, 0.1) is 17.6 Å². The van der Waals surface area contributed by atoms with E-state index in [2.05, 4.69) is 17.0 Å². The highest BCUT2D eigenvalue weighted by Gasteiger charge is 2.23. The van der Waals surface area contributed by atoms with Gasteiger partial charge in [0.1, 0.15) is 0 Å². The van der Waals surface area contributed by atoms with E-state index in [4.69, 9.17) is 0 Å². The number of likely N-dealkylation sites (tertiary alicyclic amines) is 1. The number of anilines is 1. The first-order chi connectivity index (χ1) is 11.9. The van der Waals surface area contributed by atoms with Crippen LogP contribution in [-0.4, -0.2) is 55.5 Å². The van der Waals surface area contributed by atoms with Crippen molar-refractivity contribution in [1.82, 2.24) is 14.7 Å². The van der Waals surface area contributed by atoms with Crippen molar-refractivity contribution in [3.8, 4) is 5.69 Å². The van der Waals surface area contributed by atoms with Gasteiger partial charge in [0.25, 0.3) is 0 Å². The quantitative estimate of drug-likeness (QED) is 0.792. The van der Waals surface area contributed by atoms with E-state index in [-0.39, 0.29) is 0 Å². The second-order valence-corrected chi connectivity index (χ2v) is 8.63. The van der Waals surface area contributed by atoms with Crippen LogP contribution in [0.1, 0.15) is 25.7 Å². The molecule has 0 saturated carbocycles. The first-order valence-corrected chi connectivity index (χ1v) is 10.6. The van der Waals surface area contributed by atoms with Crippen molar-refractivity contribution in [3.63, 3.8) is 0 Å². The fraction of sp³-hybridized carbons (Fsp3) is 0.500. The Balaban J connectivity index is 1.80. The van der Waals surface area contributed by atoms with E-state index in [1.54, 1.807) is 10.9 Å². The third-order valence-corrected chi connectivity index (χ3v) is 6.07. The number of hydrogen-bond donors (Lipinski definition) is 0. The Morgan fingerprint density at radius 3 is 2.80 bits per heavy atom. The third-order valence-electron chi connectivity index (χ3n) is 4.87. The summed E-state index contributed by atoms with van der Waals surface area (Å²) < 4.78 is 28.0. The van der Waals surface area contributed by atoms with Crippen LogP contribution in [0.2, 0.25) is 0 Å². The number of aromatic nitrogens is 2. The van der Waals surface area contributed by atoms with Crippen LogP contribution in [0.25, 0.3) is 5.69 Å². The van der Waals surface area contributed by atoms with Crippen LogP contribution in [0.3, 0.4) is 0 Å². The van der Waals surface area contributed by atoms with Crippen molar-refractivity contribution in [1.29, 1.82) is 0 Å². The zero-order valence-electron chi connectivity index (χ0n) is 14.9. The lowest BCUT2D eigenvalue weighted by Gasteiger charge is -2.34. The minimum Gasteiger partial charge on any atom is -0.303 e. The molecule has 1 saturated heterocycles. The second-order valence-electron chi connectivity index (χ2n) is 6.72. The van der Waals surface area contributed by atoms with Crippen LogP contribution in [0, 0.1) is 0 Å². The highest BCUT2D eigenvalue weighted by atomic mass is 32.2. The molecule has 25 heavy (non-hydrogen) atoms.